The maximum Gasteiger partial charge on any atom is 0.339 e. The Labute approximate surface area is 138 Å². The number of hydrogen-bond donors (Lipinski definition) is 0. The van der Waals surface area contributed by atoms with Crippen LogP contribution in [0.15, 0.2) is 53.1 Å². The molecule has 0 aliphatic carbocycles. The average Bonchev–Trinajstić information content (AvgIpc) is 3.12. The van der Waals surface area contributed by atoms with Crippen molar-refractivity contribution in [3.8, 4) is 11.5 Å². The molecule has 2 aromatic heterocycles. The van der Waals surface area contributed by atoms with Crippen LogP contribution in [0, 0.1) is 0 Å². The molecule has 0 bridgehead atoms. The molecule has 0 spiro atoms. The topological polar surface area (TPSA) is 72.6 Å². The second-order valence-electron chi connectivity index (χ2n) is 5.41. The van der Waals surface area contributed by atoms with E-state index in [1.165, 1.54) is 4.90 Å². The number of ether oxygens (including phenoxy) is 1. The summed E-state index contributed by atoms with van der Waals surface area (Å²) in [5.41, 5.74) is 1.53. The number of carbonyl (C=O) groups is 2. The third kappa shape index (κ3) is 3.12. The summed E-state index contributed by atoms with van der Waals surface area (Å²) < 4.78 is 10.5. The number of hydrogen-bond acceptors (Lipinski definition) is 5. The second-order valence-corrected chi connectivity index (χ2v) is 5.41. The van der Waals surface area contributed by atoms with Gasteiger partial charge in [0.1, 0.15) is 5.69 Å². The molecule has 122 valence electrons. The van der Waals surface area contributed by atoms with Crippen LogP contribution in [0.5, 0.6) is 0 Å². The highest BCUT2D eigenvalue weighted by Crippen LogP contribution is 2.25. The molecule has 6 nitrogen and oxygen atoms in total. The predicted molar refractivity (Wildman–Crippen MR) is 88.4 cm³/mol. The first-order chi connectivity index (χ1) is 11.6. The number of rotatable bonds is 4. The fourth-order valence-electron chi connectivity index (χ4n) is 2.23. The number of amides is 1. The van der Waals surface area contributed by atoms with Gasteiger partial charge < -0.3 is 14.1 Å². The molecular weight excluding hydrogens is 308 g/mol. The number of para-hydroxylation sites is 1. The van der Waals surface area contributed by atoms with Crippen molar-refractivity contribution in [1.29, 1.82) is 0 Å². The number of aromatic nitrogens is 1. The van der Waals surface area contributed by atoms with Crippen LogP contribution in [0.3, 0.4) is 0 Å². The van der Waals surface area contributed by atoms with Crippen molar-refractivity contribution >= 4 is 22.8 Å². The summed E-state index contributed by atoms with van der Waals surface area (Å²) in [6, 6.07) is 12.4. The van der Waals surface area contributed by atoms with E-state index in [0.717, 1.165) is 0 Å². The summed E-state index contributed by atoms with van der Waals surface area (Å²) >= 11 is 0. The molecule has 3 aromatic rings. The number of likely N-dealkylation sites (N-methyl/N-ethyl adjacent to an activating group) is 1. The van der Waals surface area contributed by atoms with E-state index in [-0.39, 0.29) is 12.5 Å². The molecule has 0 aliphatic heterocycles. The van der Waals surface area contributed by atoms with Gasteiger partial charge in [-0.05, 0) is 24.3 Å². The summed E-state index contributed by atoms with van der Waals surface area (Å²) in [7, 11) is 3.21. The SMILES string of the molecule is CN(C)C(=O)COC(=O)c1cc(-c2ccco2)nc2ccccc12. The molecule has 24 heavy (non-hydrogen) atoms. The lowest BCUT2D eigenvalue weighted by atomic mass is 10.1. The fraction of sp³-hybridized carbons (Fsp3) is 0.167. The van der Waals surface area contributed by atoms with Crippen molar-refractivity contribution in [2.24, 2.45) is 0 Å². The van der Waals surface area contributed by atoms with Crippen molar-refractivity contribution in [3.05, 3.63) is 54.3 Å². The monoisotopic (exact) mass is 324 g/mol. The zero-order valence-corrected chi connectivity index (χ0v) is 13.4. The summed E-state index contributed by atoms with van der Waals surface area (Å²) in [6.07, 6.45) is 1.54. The number of nitrogens with zero attached hydrogens (tertiary/aromatic N) is 2. The molecule has 1 amide bonds. The van der Waals surface area contributed by atoms with Gasteiger partial charge in [0.05, 0.1) is 17.3 Å². The van der Waals surface area contributed by atoms with E-state index < -0.39 is 5.97 Å². The molecular formula is C18H16N2O4. The van der Waals surface area contributed by atoms with E-state index in [1.807, 2.05) is 18.2 Å². The minimum Gasteiger partial charge on any atom is -0.463 e. The standard InChI is InChI=1S/C18H16N2O4/c1-20(2)17(21)11-24-18(22)13-10-15(16-8-5-9-23-16)19-14-7-4-3-6-12(13)14/h3-10H,11H2,1-2H3. The van der Waals surface area contributed by atoms with Gasteiger partial charge in [-0.3, -0.25) is 4.79 Å². The van der Waals surface area contributed by atoms with E-state index in [4.69, 9.17) is 9.15 Å². The van der Waals surface area contributed by atoms with E-state index in [2.05, 4.69) is 4.98 Å². The van der Waals surface area contributed by atoms with Gasteiger partial charge in [0, 0.05) is 19.5 Å². The smallest absolute Gasteiger partial charge is 0.339 e. The van der Waals surface area contributed by atoms with Crippen molar-refractivity contribution in [3.63, 3.8) is 0 Å². The van der Waals surface area contributed by atoms with Gasteiger partial charge in [-0.2, -0.15) is 0 Å². The number of benzene rings is 1. The maximum atomic E-state index is 12.5. The Morgan fingerprint density at radius 2 is 1.96 bits per heavy atom. The minimum absolute atomic E-state index is 0.284. The van der Waals surface area contributed by atoms with Crippen LogP contribution < -0.4 is 0 Å². The average molecular weight is 324 g/mol. The van der Waals surface area contributed by atoms with Gasteiger partial charge in [-0.1, -0.05) is 18.2 Å². The van der Waals surface area contributed by atoms with Crippen LogP contribution in [0.1, 0.15) is 10.4 Å². The van der Waals surface area contributed by atoms with Crippen molar-refractivity contribution in [2.45, 2.75) is 0 Å². The van der Waals surface area contributed by atoms with Gasteiger partial charge in [-0.15, -0.1) is 0 Å². The molecule has 0 aliphatic rings. The molecule has 0 atom stereocenters. The van der Waals surface area contributed by atoms with Gasteiger partial charge in [0.25, 0.3) is 5.91 Å². The van der Waals surface area contributed by atoms with Crippen LogP contribution in [-0.2, 0) is 9.53 Å². The summed E-state index contributed by atoms with van der Waals surface area (Å²) in [4.78, 5) is 29.9. The molecule has 6 heteroatoms. The lowest BCUT2D eigenvalue weighted by Gasteiger charge is -2.12. The molecule has 1 aromatic carbocycles. The van der Waals surface area contributed by atoms with Crippen molar-refractivity contribution in [2.75, 3.05) is 20.7 Å². The maximum absolute atomic E-state index is 12.5. The molecule has 2 heterocycles. The summed E-state index contributed by atoms with van der Waals surface area (Å²) in [6.45, 7) is -0.307. The largest absolute Gasteiger partial charge is 0.463 e. The van der Waals surface area contributed by atoms with Gasteiger partial charge in [0.2, 0.25) is 0 Å². The van der Waals surface area contributed by atoms with E-state index in [9.17, 15) is 9.59 Å². The van der Waals surface area contributed by atoms with E-state index >= 15 is 0 Å². The molecule has 0 fully saturated rings. The Morgan fingerprint density at radius 3 is 2.67 bits per heavy atom. The highest BCUT2D eigenvalue weighted by molar-refractivity contribution is 6.05. The zero-order valence-electron chi connectivity index (χ0n) is 13.4. The number of fused-ring (bicyclic) bond motifs is 1. The zero-order chi connectivity index (χ0) is 17.1. The molecule has 0 saturated heterocycles. The number of furan rings is 1. The molecule has 0 N–H and O–H groups in total. The first-order valence-electron chi connectivity index (χ1n) is 7.37. The third-order valence-corrected chi connectivity index (χ3v) is 3.54. The van der Waals surface area contributed by atoms with Gasteiger partial charge >= 0.3 is 5.97 Å². The number of carbonyl (C=O) groups excluding carboxylic acids is 2. The van der Waals surface area contributed by atoms with Crippen LogP contribution in [0.2, 0.25) is 0 Å². The minimum atomic E-state index is -0.573. The lowest BCUT2D eigenvalue weighted by molar-refractivity contribution is -0.131. The first kappa shape index (κ1) is 15.7. The molecule has 0 saturated carbocycles. The Morgan fingerprint density at radius 1 is 1.17 bits per heavy atom. The molecule has 0 radical (unpaired) electrons. The number of pyridine rings is 1. The van der Waals surface area contributed by atoms with Crippen LogP contribution in [0.4, 0.5) is 0 Å². The highest BCUT2D eigenvalue weighted by Gasteiger charge is 2.17. The summed E-state index contributed by atoms with van der Waals surface area (Å²) in [5.74, 6) is -0.302. The van der Waals surface area contributed by atoms with E-state index in [0.29, 0.717) is 27.9 Å². The third-order valence-electron chi connectivity index (χ3n) is 3.54. The Bertz CT molecular complexity index is 885. The quantitative estimate of drug-likeness (QED) is 0.690. The fourth-order valence-corrected chi connectivity index (χ4v) is 2.23. The van der Waals surface area contributed by atoms with Gasteiger partial charge in [0.15, 0.2) is 12.4 Å². The van der Waals surface area contributed by atoms with E-state index in [1.54, 1.807) is 44.6 Å². The van der Waals surface area contributed by atoms with Crippen LogP contribution in [-0.4, -0.2) is 42.5 Å². The second kappa shape index (κ2) is 6.54. The highest BCUT2D eigenvalue weighted by atomic mass is 16.5. The molecule has 3 rings (SSSR count). The van der Waals surface area contributed by atoms with Crippen LogP contribution in [0.25, 0.3) is 22.4 Å². The first-order valence-corrected chi connectivity index (χ1v) is 7.37. The lowest BCUT2D eigenvalue weighted by Crippen LogP contribution is -2.27. The van der Waals surface area contributed by atoms with Crippen molar-refractivity contribution < 1.29 is 18.7 Å². The van der Waals surface area contributed by atoms with Gasteiger partial charge in [-0.25, -0.2) is 9.78 Å². The Hall–Kier alpha value is -3.15. The van der Waals surface area contributed by atoms with Crippen molar-refractivity contribution in [1.82, 2.24) is 9.88 Å². The van der Waals surface area contributed by atoms with Crippen LogP contribution >= 0.6 is 0 Å². The Kier molecular flexibility index (Phi) is 4.29. The summed E-state index contributed by atoms with van der Waals surface area (Å²) in [5, 5.41) is 0.662. The molecule has 0 unspecified atom stereocenters. The number of esters is 1. The normalized spacial score (nSPS) is 10.6. The Balaban J connectivity index is 1.99. The predicted octanol–water partition coefficient (Wildman–Crippen LogP) is 2.74.